The number of nitrogens with one attached hydrogen (secondary N) is 1. The topological polar surface area (TPSA) is 75.4 Å². The fourth-order valence-electron chi connectivity index (χ4n) is 2.39. The van der Waals surface area contributed by atoms with Crippen LogP contribution in [0.3, 0.4) is 0 Å². The molecular formula is C13H20FN3O2S. The molecule has 7 heteroatoms. The molecule has 0 atom stereocenters. The molecule has 20 heavy (non-hydrogen) atoms. The first-order valence-electron chi connectivity index (χ1n) is 6.62. The average Bonchev–Trinajstić information content (AvgIpc) is 2.40. The third-order valence-corrected chi connectivity index (χ3v) is 4.72. The largest absolute Gasteiger partial charge is 0.310 e. The van der Waals surface area contributed by atoms with E-state index in [4.69, 9.17) is 5.14 Å². The van der Waals surface area contributed by atoms with E-state index in [1.807, 2.05) is 6.07 Å². The van der Waals surface area contributed by atoms with Crippen molar-refractivity contribution < 1.29 is 12.8 Å². The highest BCUT2D eigenvalue weighted by Crippen LogP contribution is 2.14. The third-order valence-electron chi connectivity index (χ3n) is 3.63. The highest BCUT2D eigenvalue weighted by molar-refractivity contribution is 7.86. The Labute approximate surface area is 119 Å². The number of rotatable bonds is 4. The summed E-state index contributed by atoms with van der Waals surface area (Å²) < 4.78 is 36.8. The summed E-state index contributed by atoms with van der Waals surface area (Å²) in [7, 11) is -3.56. The van der Waals surface area contributed by atoms with Gasteiger partial charge >= 0.3 is 0 Å². The lowest BCUT2D eigenvalue weighted by molar-refractivity contribution is 0.289. The molecule has 1 aromatic carbocycles. The van der Waals surface area contributed by atoms with Crippen molar-refractivity contribution in [2.75, 3.05) is 13.1 Å². The second kappa shape index (κ2) is 6.17. The van der Waals surface area contributed by atoms with Crippen LogP contribution < -0.4 is 10.5 Å². The van der Waals surface area contributed by atoms with Gasteiger partial charge in [0.25, 0.3) is 10.2 Å². The minimum atomic E-state index is -3.56. The van der Waals surface area contributed by atoms with Crippen molar-refractivity contribution >= 4 is 10.2 Å². The molecule has 112 valence electrons. The van der Waals surface area contributed by atoms with E-state index in [2.05, 4.69) is 5.32 Å². The molecule has 0 saturated carbocycles. The maximum Gasteiger partial charge on any atom is 0.276 e. The van der Waals surface area contributed by atoms with Gasteiger partial charge in [0, 0.05) is 25.7 Å². The fourth-order valence-corrected chi connectivity index (χ4v) is 3.11. The molecule has 1 heterocycles. The van der Waals surface area contributed by atoms with Crippen LogP contribution in [0.25, 0.3) is 0 Å². The molecule has 3 N–H and O–H groups in total. The van der Waals surface area contributed by atoms with Crippen molar-refractivity contribution in [3.05, 3.63) is 35.1 Å². The lowest BCUT2D eigenvalue weighted by Crippen LogP contribution is -2.46. The summed E-state index contributed by atoms with van der Waals surface area (Å²) in [5.41, 5.74) is 1.66. The first-order chi connectivity index (χ1) is 9.36. The molecule has 2 rings (SSSR count). The Morgan fingerprint density at radius 1 is 1.40 bits per heavy atom. The fraction of sp³-hybridized carbons (Fsp3) is 0.538. The monoisotopic (exact) mass is 301 g/mol. The van der Waals surface area contributed by atoms with E-state index in [1.54, 1.807) is 13.0 Å². The Bertz CT molecular complexity index is 569. The molecule has 0 amide bonds. The summed E-state index contributed by atoms with van der Waals surface area (Å²) in [4.78, 5) is 0. The zero-order valence-electron chi connectivity index (χ0n) is 11.5. The molecule has 0 bridgehead atoms. The molecule has 1 aromatic rings. The van der Waals surface area contributed by atoms with Gasteiger partial charge in [-0.05, 0) is 37.0 Å². The lowest BCUT2D eigenvalue weighted by atomic mass is 10.1. The van der Waals surface area contributed by atoms with Crippen LogP contribution in [0.5, 0.6) is 0 Å². The Kier molecular flexibility index (Phi) is 4.74. The van der Waals surface area contributed by atoms with Gasteiger partial charge in [0.15, 0.2) is 0 Å². The molecule has 1 aliphatic heterocycles. The van der Waals surface area contributed by atoms with Crippen LogP contribution in [-0.4, -0.2) is 31.9 Å². The van der Waals surface area contributed by atoms with E-state index in [9.17, 15) is 12.8 Å². The standard InChI is InChI=1S/C13H20FN3O2S/c1-10-8-11(2-3-13(10)14)9-16-12-4-6-17(7-5-12)20(15,18)19/h2-3,8,12,16H,4-7,9H2,1H3,(H2,15,18,19). The van der Waals surface area contributed by atoms with E-state index in [0.29, 0.717) is 25.2 Å². The second-order valence-corrected chi connectivity index (χ2v) is 6.73. The van der Waals surface area contributed by atoms with Crippen molar-refractivity contribution in [1.82, 2.24) is 9.62 Å². The van der Waals surface area contributed by atoms with Gasteiger partial charge < -0.3 is 5.32 Å². The van der Waals surface area contributed by atoms with Crippen molar-refractivity contribution in [1.29, 1.82) is 0 Å². The van der Waals surface area contributed by atoms with Crippen molar-refractivity contribution in [2.45, 2.75) is 32.4 Å². The van der Waals surface area contributed by atoms with E-state index in [1.165, 1.54) is 10.4 Å². The number of nitrogens with two attached hydrogens (primary N) is 1. The van der Waals surface area contributed by atoms with Crippen LogP contribution >= 0.6 is 0 Å². The van der Waals surface area contributed by atoms with Gasteiger partial charge in [-0.3, -0.25) is 0 Å². The van der Waals surface area contributed by atoms with Crippen LogP contribution in [0.1, 0.15) is 24.0 Å². The Balaban J connectivity index is 1.83. The quantitative estimate of drug-likeness (QED) is 0.867. The van der Waals surface area contributed by atoms with Gasteiger partial charge in [-0.25, -0.2) is 9.53 Å². The number of hydrogen-bond acceptors (Lipinski definition) is 3. The minimum Gasteiger partial charge on any atom is -0.310 e. The van der Waals surface area contributed by atoms with E-state index in [-0.39, 0.29) is 11.9 Å². The summed E-state index contributed by atoms with van der Waals surface area (Å²) >= 11 is 0. The number of hydrogen-bond donors (Lipinski definition) is 2. The number of nitrogens with zero attached hydrogens (tertiary/aromatic N) is 1. The summed E-state index contributed by atoms with van der Waals surface area (Å²) in [6.07, 6.45) is 1.47. The zero-order chi connectivity index (χ0) is 14.8. The molecule has 1 saturated heterocycles. The molecule has 0 aliphatic carbocycles. The van der Waals surface area contributed by atoms with Gasteiger partial charge in [-0.2, -0.15) is 12.7 Å². The lowest BCUT2D eigenvalue weighted by Gasteiger charge is -2.30. The number of benzene rings is 1. The van der Waals surface area contributed by atoms with Gasteiger partial charge in [-0.15, -0.1) is 0 Å². The molecule has 0 aromatic heterocycles. The molecular weight excluding hydrogens is 281 g/mol. The molecule has 5 nitrogen and oxygen atoms in total. The summed E-state index contributed by atoms with van der Waals surface area (Å²) in [5.74, 6) is -0.199. The predicted octanol–water partition coefficient (Wildman–Crippen LogP) is 0.892. The minimum absolute atomic E-state index is 0.199. The van der Waals surface area contributed by atoms with E-state index in [0.717, 1.165) is 18.4 Å². The smallest absolute Gasteiger partial charge is 0.276 e. The Hall–Kier alpha value is -1.02. The Morgan fingerprint density at radius 3 is 2.60 bits per heavy atom. The maximum atomic E-state index is 13.2. The summed E-state index contributed by atoms with van der Waals surface area (Å²) in [5, 5.41) is 8.47. The van der Waals surface area contributed by atoms with Gasteiger partial charge in [0.2, 0.25) is 0 Å². The van der Waals surface area contributed by atoms with E-state index < -0.39 is 10.2 Å². The van der Waals surface area contributed by atoms with Crippen LogP contribution in [0, 0.1) is 12.7 Å². The molecule has 0 spiro atoms. The number of halogens is 1. The number of piperidine rings is 1. The predicted molar refractivity (Wildman–Crippen MR) is 75.7 cm³/mol. The molecule has 0 radical (unpaired) electrons. The van der Waals surface area contributed by atoms with E-state index >= 15 is 0 Å². The normalized spacial score (nSPS) is 18.4. The summed E-state index contributed by atoms with van der Waals surface area (Å²) in [6, 6.07) is 5.31. The van der Waals surface area contributed by atoms with Crippen LogP contribution in [0.15, 0.2) is 18.2 Å². The Morgan fingerprint density at radius 2 is 2.05 bits per heavy atom. The average molecular weight is 301 g/mol. The molecule has 1 aliphatic rings. The number of aryl methyl sites for hydroxylation is 1. The van der Waals surface area contributed by atoms with Crippen molar-refractivity contribution in [3.63, 3.8) is 0 Å². The maximum absolute atomic E-state index is 13.2. The zero-order valence-corrected chi connectivity index (χ0v) is 12.3. The van der Waals surface area contributed by atoms with Gasteiger partial charge in [-0.1, -0.05) is 12.1 Å². The highest BCUT2D eigenvalue weighted by Gasteiger charge is 2.24. The summed E-state index contributed by atoms with van der Waals surface area (Å²) in [6.45, 7) is 3.28. The molecule has 0 unspecified atom stereocenters. The van der Waals surface area contributed by atoms with Gasteiger partial charge in [0.05, 0.1) is 0 Å². The molecule has 1 fully saturated rings. The highest BCUT2D eigenvalue weighted by atomic mass is 32.2. The SMILES string of the molecule is Cc1cc(CNC2CCN(S(N)(=O)=O)CC2)ccc1F. The first kappa shape index (κ1) is 15.4. The van der Waals surface area contributed by atoms with Crippen LogP contribution in [0.2, 0.25) is 0 Å². The van der Waals surface area contributed by atoms with Crippen molar-refractivity contribution in [3.8, 4) is 0 Å². The second-order valence-electron chi connectivity index (χ2n) is 5.18. The van der Waals surface area contributed by atoms with Crippen LogP contribution in [-0.2, 0) is 16.8 Å². The first-order valence-corrected chi connectivity index (χ1v) is 8.13. The van der Waals surface area contributed by atoms with Crippen LogP contribution in [0.4, 0.5) is 4.39 Å². The third kappa shape index (κ3) is 3.99. The van der Waals surface area contributed by atoms with Crippen molar-refractivity contribution in [2.24, 2.45) is 5.14 Å². The van der Waals surface area contributed by atoms with Gasteiger partial charge in [0.1, 0.15) is 5.82 Å².